The fourth-order valence-corrected chi connectivity index (χ4v) is 16.8. The number of carbonyl (C=O) groups is 3. The van der Waals surface area contributed by atoms with Crippen LogP contribution in [0.15, 0.2) is 143 Å². The van der Waals surface area contributed by atoms with Gasteiger partial charge < -0.3 is 19.2 Å². The van der Waals surface area contributed by atoms with E-state index in [1.807, 2.05) is 68.2 Å². The van der Waals surface area contributed by atoms with E-state index in [4.69, 9.17) is 19.0 Å². The SMILES string of the molecule is CC(C)(C)OC(=O)N1CC(CCO[Si](C)(C)C(C)(C)C)/C(=N\NC(=O)c2cc(F)ccc2F)c2ccccc21.CC(C)(C)OC(=O)N1CC2CCN3N=C(c4cc(F)ccc4F)SC23c2ccccc21.Fc1ccc(F)c(C2=NN3CCC4CNc5ccccc5C43S2)c1. The van der Waals surface area contributed by atoms with Crippen molar-refractivity contribution in [2.45, 2.75) is 121 Å². The van der Waals surface area contributed by atoms with Crippen LogP contribution in [0.5, 0.6) is 0 Å². The molecule has 0 saturated carbocycles. The summed E-state index contributed by atoms with van der Waals surface area (Å²) in [5.41, 5.74) is 6.80. The van der Waals surface area contributed by atoms with E-state index >= 15 is 0 Å². The molecule has 94 heavy (non-hydrogen) atoms. The second-order valence-electron chi connectivity index (χ2n) is 27.7. The van der Waals surface area contributed by atoms with Crippen LogP contribution in [-0.4, -0.2) is 103 Å². The Balaban J connectivity index is 0.000000147. The van der Waals surface area contributed by atoms with Gasteiger partial charge in [0.2, 0.25) is 0 Å². The number of para-hydroxylation sites is 3. The van der Waals surface area contributed by atoms with E-state index in [-0.39, 0.29) is 45.5 Å². The quantitative estimate of drug-likeness (QED) is 0.0851. The highest BCUT2D eigenvalue weighted by atomic mass is 32.2. The Kier molecular flexibility index (Phi) is 18.8. The molecule has 2 N–H and O–H groups in total. The number of carbonyl (C=O) groups excluding carboxylic acids is 3. The number of anilines is 3. The van der Waals surface area contributed by atoms with Crippen molar-refractivity contribution in [1.82, 2.24) is 15.4 Å². The van der Waals surface area contributed by atoms with Crippen LogP contribution in [0.25, 0.3) is 0 Å². The highest BCUT2D eigenvalue weighted by Gasteiger charge is 2.60. The molecular formula is C70H77F6N9O6S2Si. The van der Waals surface area contributed by atoms with E-state index in [0.717, 1.165) is 79.3 Å². The normalized spacial score (nSPS) is 22.1. The van der Waals surface area contributed by atoms with Crippen LogP contribution < -0.4 is 20.5 Å². The van der Waals surface area contributed by atoms with Crippen LogP contribution in [0, 0.1) is 52.7 Å². The summed E-state index contributed by atoms with van der Waals surface area (Å²) in [5.74, 6) is -4.20. The Labute approximate surface area is 553 Å². The molecule has 5 unspecified atom stereocenters. The number of hydrogen-bond donors (Lipinski definition) is 2. The number of nitrogens with zero attached hydrogens (tertiary/aromatic N) is 7. The average Bonchev–Trinajstić information content (AvgIpc) is 1.54. The average molecular weight is 1350 g/mol. The Morgan fingerprint density at radius 2 is 1.12 bits per heavy atom. The molecule has 0 radical (unpaired) electrons. The lowest BCUT2D eigenvalue weighted by atomic mass is 9.87. The zero-order valence-corrected chi connectivity index (χ0v) is 57.0. The molecular weight excluding hydrogens is 1270 g/mol. The summed E-state index contributed by atoms with van der Waals surface area (Å²) < 4.78 is 102. The minimum absolute atomic E-state index is 0.0225. The molecule has 2 fully saturated rings. The van der Waals surface area contributed by atoms with Gasteiger partial charge in [-0.1, -0.05) is 98.9 Å². The molecule has 6 aromatic rings. The van der Waals surface area contributed by atoms with Crippen LogP contribution in [0.4, 0.5) is 53.0 Å². The first-order valence-corrected chi connectivity index (χ1v) is 35.9. The molecule has 0 aliphatic carbocycles. The van der Waals surface area contributed by atoms with Gasteiger partial charge in [0, 0.05) is 90.6 Å². The lowest BCUT2D eigenvalue weighted by Crippen LogP contribution is -2.50. The van der Waals surface area contributed by atoms with E-state index in [2.05, 4.69) is 72.0 Å². The Hall–Kier alpha value is -7.80. The van der Waals surface area contributed by atoms with Crippen LogP contribution in [-0.2, 0) is 23.6 Å². The number of rotatable bonds is 8. The third kappa shape index (κ3) is 13.4. The van der Waals surface area contributed by atoms with Crippen molar-refractivity contribution in [1.29, 1.82) is 0 Å². The predicted molar refractivity (Wildman–Crippen MR) is 361 cm³/mol. The second-order valence-corrected chi connectivity index (χ2v) is 34.9. The number of amides is 3. The zero-order valence-electron chi connectivity index (χ0n) is 54.4. The minimum atomic E-state index is -2.04. The van der Waals surface area contributed by atoms with Gasteiger partial charge in [0.15, 0.2) is 8.32 Å². The molecule has 24 heteroatoms. The monoisotopic (exact) mass is 1350 g/mol. The van der Waals surface area contributed by atoms with E-state index < -0.39 is 76.9 Å². The number of nitrogens with one attached hydrogen (secondary N) is 2. The van der Waals surface area contributed by atoms with Gasteiger partial charge >= 0.3 is 12.2 Å². The molecule has 496 valence electrons. The predicted octanol–water partition coefficient (Wildman–Crippen LogP) is 16.2. The number of ether oxygens (including phenoxy) is 2. The molecule has 13 rings (SSSR count). The summed E-state index contributed by atoms with van der Waals surface area (Å²) in [7, 11) is -2.04. The lowest BCUT2D eigenvalue weighted by molar-refractivity contribution is 0.0556. The molecule has 0 bridgehead atoms. The fraction of sp³-hybridized carbons (Fsp3) is 0.400. The van der Waals surface area contributed by atoms with Crippen molar-refractivity contribution >= 4 is 82.8 Å². The third-order valence-electron chi connectivity index (χ3n) is 18.0. The van der Waals surface area contributed by atoms with E-state index in [1.54, 1.807) is 60.5 Å². The maximum absolute atomic E-state index is 14.5. The number of halogens is 6. The van der Waals surface area contributed by atoms with Crippen LogP contribution in [0.3, 0.4) is 0 Å². The van der Waals surface area contributed by atoms with Gasteiger partial charge in [-0.05, 0) is 152 Å². The van der Waals surface area contributed by atoms with Crippen molar-refractivity contribution in [3.05, 3.63) is 196 Å². The Bertz CT molecular complexity index is 4030. The first-order valence-electron chi connectivity index (χ1n) is 31.4. The van der Waals surface area contributed by atoms with Gasteiger partial charge in [0.25, 0.3) is 5.91 Å². The van der Waals surface area contributed by atoms with Gasteiger partial charge in [0.05, 0.1) is 22.6 Å². The topological polar surface area (TPSA) is 153 Å². The number of thioether (sulfide) groups is 2. The van der Waals surface area contributed by atoms with E-state index in [1.165, 1.54) is 35.5 Å². The molecule has 7 heterocycles. The summed E-state index contributed by atoms with van der Waals surface area (Å²) in [6.07, 6.45) is 1.52. The maximum Gasteiger partial charge on any atom is 0.414 e. The first kappa shape index (κ1) is 67.6. The van der Waals surface area contributed by atoms with Gasteiger partial charge in [-0.25, -0.2) is 41.4 Å². The van der Waals surface area contributed by atoms with Crippen LogP contribution in [0.1, 0.15) is 120 Å². The van der Waals surface area contributed by atoms with Gasteiger partial charge in [-0.3, -0.25) is 24.6 Å². The minimum Gasteiger partial charge on any atom is -0.443 e. The van der Waals surface area contributed by atoms with Crippen molar-refractivity contribution in [3.63, 3.8) is 0 Å². The molecule has 6 aromatic carbocycles. The smallest absolute Gasteiger partial charge is 0.414 e. The maximum atomic E-state index is 14.5. The summed E-state index contributed by atoms with van der Waals surface area (Å²) in [6.45, 7) is 25.3. The van der Waals surface area contributed by atoms with E-state index in [9.17, 15) is 40.7 Å². The molecule has 7 aliphatic rings. The zero-order chi connectivity index (χ0) is 67.5. The van der Waals surface area contributed by atoms with Crippen molar-refractivity contribution in [2.75, 3.05) is 54.4 Å². The third-order valence-corrected chi connectivity index (χ3v) is 25.7. The molecule has 5 atom stereocenters. The standard InChI is InChI=1S/C29H39F2N3O4Si.C23H23F2N3O2S.C18H15F2N3S/c1-28(2,3)38-27(36)34-18-19(15-16-37-39(7,8)29(4,5)6)25(21-11-9-10-12-24(21)34)32-33-26(35)22-17-20(30)13-14-23(22)31;1-22(2,3)30-21(29)27-13-14-10-11-28-23(14,17-6-4-5-7-19(17)27)31-20(26-28)16-12-15(24)8-9-18(16)25;19-12-5-6-15(20)13(9-12)17-22-23-8-7-11-10-21-16-4-2-1-3-14(16)18(11,23)24-17/h9-14,17,19H,15-16,18H2,1-8H3,(H,33,35);4-9,12,14H,10-11,13H2,1-3H3;1-6,9,11,21H,7-8,10H2/b32-25+;;. The van der Waals surface area contributed by atoms with Gasteiger partial charge in [-0.2, -0.15) is 15.3 Å². The molecule has 7 aliphatic heterocycles. The number of hydrogen-bond acceptors (Lipinski definition) is 14. The van der Waals surface area contributed by atoms with Crippen molar-refractivity contribution in [2.24, 2.45) is 33.1 Å². The molecule has 2 saturated heterocycles. The molecule has 0 aromatic heterocycles. The number of hydrazone groups is 3. The first-order chi connectivity index (χ1) is 44.4. The largest absolute Gasteiger partial charge is 0.443 e. The fourth-order valence-electron chi connectivity index (χ4n) is 12.5. The van der Waals surface area contributed by atoms with Crippen molar-refractivity contribution < 1.29 is 54.6 Å². The molecule has 15 nitrogen and oxygen atoms in total. The summed E-state index contributed by atoms with van der Waals surface area (Å²) >= 11 is 3.01. The van der Waals surface area contributed by atoms with Crippen molar-refractivity contribution in [3.8, 4) is 0 Å². The van der Waals surface area contributed by atoms with Crippen LogP contribution >= 0.6 is 23.5 Å². The number of fused-ring (bicyclic) bond motifs is 3. The Morgan fingerprint density at radius 3 is 1.70 bits per heavy atom. The highest BCUT2D eigenvalue weighted by Crippen LogP contribution is 2.62. The highest BCUT2D eigenvalue weighted by molar-refractivity contribution is 8.15. The molecule has 2 spiro atoms. The summed E-state index contributed by atoms with van der Waals surface area (Å²) in [6, 6.07) is 32.8. The summed E-state index contributed by atoms with van der Waals surface area (Å²) in [4.78, 5) is 41.3. The van der Waals surface area contributed by atoms with Crippen LogP contribution in [0.2, 0.25) is 18.1 Å². The number of benzene rings is 6. The second kappa shape index (κ2) is 26.1. The summed E-state index contributed by atoms with van der Waals surface area (Å²) in [5, 5.41) is 22.4. The van der Waals surface area contributed by atoms with Gasteiger partial charge in [-0.15, -0.1) is 0 Å². The lowest BCUT2D eigenvalue weighted by Gasteiger charge is -2.44. The van der Waals surface area contributed by atoms with Gasteiger partial charge in [0.1, 0.15) is 65.9 Å². The molecule has 3 amide bonds. The van der Waals surface area contributed by atoms with E-state index in [0.29, 0.717) is 59.1 Å². The Morgan fingerprint density at radius 1 is 0.617 bits per heavy atom.